The first-order valence-electron chi connectivity index (χ1n) is 10.5. The molecule has 31 heavy (non-hydrogen) atoms. The number of hydrogen-bond donors (Lipinski definition) is 0. The molecule has 1 heterocycles. The molecule has 4 nitrogen and oxygen atoms in total. The van der Waals surface area contributed by atoms with Crippen LogP contribution in [0.4, 0.5) is 0 Å². The second-order valence-corrected chi connectivity index (χ2v) is 8.40. The van der Waals surface area contributed by atoms with Crippen LogP contribution in [0.15, 0.2) is 101 Å². The predicted octanol–water partition coefficient (Wildman–Crippen LogP) is 6.36. The Bertz CT molecular complexity index is 1200. The van der Waals surface area contributed by atoms with Gasteiger partial charge in [0.05, 0.1) is 5.56 Å². The molecule has 1 aliphatic carbocycles. The van der Waals surface area contributed by atoms with Crippen molar-refractivity contribution in [3.05, 3.63) is 108 Å². The molecule has 0 aliphatic heterocycles. The molecule has 4 aromatic rings. The van der Waals surface area contributed by atoms with Crippen molar-refractivity contribution in [2.45, 2.75) is 25.2 Å². The van der Waals surface area contributed by atoms with Gasteiger partial charge in [-0.1, -0.05) is 78.8 Å². The molecule has 0 amide bonds. The molecule has 1 fully saturated rings. The maximum Gasteiger partial charge on any atom is 0.365 e. The third-order valence-electron chi connectivity index (χ3n) is 6.17. The second-order valence-electron chi connectivity index (χ2n) is 8.40. The molecule has 4 heteroatoms. The molecule has 154 valence electrons. The van der Waals surface area contributed by atoms with Gasteiger partial charge in [0.25, 0.3) is 0 Å². The summed E-state index contributed by atoms with van der Waals surface area (Å²) in [5, 5.41) is 5.32. The monoisotopic (exact) mass is 409 g/mol. The normalized spacial score (nSPS) is 20.9. The largest absolute Gasteiger partial charge is 0.455 e. The second kappa shape index (κ2) is 7.88. The van der Waals surface area contributed by atoms with E-state index in [2.05, 4.69) is 36.3 Å². The summed E-state index contributed by atoms with van der Waals surface area (Å²) in [4.78, 5) is 17.8. The highest BCUT2D eigenvalue weighted by Gasteiger charge is 2.45. The molecule has 1 aliphatic rings. The Labute approximate surface area is 181 Å². The van der Waals surface area contributed by atoms with Gasteiger partial charge in [0.15, 0.2) is 5.76 Å². The fourth-order valence-electron chi connectivity index (χ4n) is 4.44. The average molecular weight is 409 g/mol. The summed E-state index contributed by atoms with van der Waals surface area (Å²) in [6.07, 6.45) is 1.82. The van der Waals surface area contributed by atoms with Crippen LogP contribution in [0.3, 0.4) is 0 Å². The minimum atomic E-state index is -0.473. The van der Waals surface area contributed by atoms with Gasteiger partial charge in [-0.25, -0.2) is 4.79 Å². The summed E-state index contributed by atoms with van der Waals surface area (Å²) >= 11 is 0. The van der Waals surface area contributed by atoms with Crippen molar-refractivity contribution in [3.63, 3.8) is 0 Å². The molecule has 0 unspecified atom stereocenters. The first-order chi connectivity index (χ1) is 15.1. The molecular formula is C27H23NO3. The van der Waals surface area contributed by atoms with Crippen LogP contribution < -0.4 is 0 Å². The summed E-state index contributed by atoms with van der Waals surface area (Å²) in [7, 11) is 0. The lowest BCUT2D eigenvalue weighted by atomic mass is 9.58. The van der Waals surface area contributed by atoms with Crippen molar-refractivity contribution in [2.24, 2.45) is 11.1 Å². The van der Waals surface area contributed by atoms with Crippen LogP contribution >= 0.6 is 0 Å². The summed E-state index contributed by atoms with van der Waals surface area (Å²) in [6, 6.07) is 29.3. The Balaban J connectivity index is 1.44. The Morgan fingerprint density at radius 3 is 2.29 bits per heavy atom. The Hall–Kier alpha value is -3.66. The van der Waals surface area contributed by atoms with Crippen molar-refractivity contribution < 1.29 is 14.0 Å². The number of benzene rings is 3. The van der Waals surface area contributed by atoms with Crippen LogP contribution in [-0.4, -0.2) is 11.7 Å². The zero-order valence-electron chi connectivity index (χ0n) is 17.3. The van der Waals surface area contributed by atoms with Gasteiger partial charge in [-0.2, -0.15) is 0 Å². The smallest absolute Gasteiger partial charge is 0.365 e. The van der Waals surface area contributed by atoms with E-state index in [-0.39, 0.29) is 11.3 Å². The van der Waals surface area contributed by atoms with Gasteiger partial charge in [-0.05, 0) is 48.1 Å². The van der Waals surface area contributed by atoms with Crippen molar-refractivity contribution in [3.8, 4) is 0 Å². The third kappa shape index (κ3) is 3.77. The van der Waals surface area contributed by atoms with Crippen LogP contribution in [0.5, 0.6) is 0 Å². The molecule has 1 aromatic heterocycles. The zero-order valence-corrected chi connectivity index (χ0v) is 17.3. The molecule has 1 saturated carbocycles. The highest BCUT2D eigenvalue weighted by Crippen LogP contribution is 2.49. The first-order valence-corrected chi connectivity index (χ1v) is 10.5. The minimum Gasteiger partial charge on any atom is -0.455 e. The fraction of sp³-hybridized carbons (Fsp3) is 0.185. The quantitative estimate of drug-likeness (QED) is 0.219. The van der Waals surface area contributed by atoms with E-state index in [1.807, 2.05) is 42.5 Å². The van der Waals surface area contributed by atoms with Crippen LogP contribution in [0.1, 0.15) is 41.4 Å². The lowest BCUT2D eigenvalue weighted by Crippen LogP contribution is -2.42. The van der Waals surface area contributed by atoms with E-state index in [1.165, 1.54) is 5.56 Å². The van der Waals surface area contributed by atoms with E-state index >= 15 is 0 Å². The first kappa shape index (κ1) is 19.3. The van der Waals surface area contributed by atoms with Crippen molar-refractivity contribution >= 4 is 22.7 Å². The van der Waals surface area contributed by atoms with Crippen LogP contribution in [0.2, 0.25) is 0 Å². The summed E-state index contributed by atoms with van der Waals surface area (Å²) in [5.41, 5.74) is 3.34. The van der Waals surface area contributed by atoms with Gasteiger partial charge >= 0.3 is 5.97 Å². The van der Waals surface area contributed by atoms with Gasteiger partial charge < -0.3 is 9.25 Å². The summed E-state index contributed by atoms with van der Waals surface area (Å²) in [6.45, 7) is 2.27. The summed E-state index contributed by atoms with van der Waals surface area (Å²) in [5.74, 6) is 0.330. The maximum atomic E-state index is 12.5. The van der Waals surface area contributed by atoms with Crippen molar-refractivity contribution in [2.75, 3.05) is 0 Å². The van der Waals surface area contributed by atoms with Crippen LogP contribution in [-0.2, 0) is 10.3 Å². The number of furan rings is 1. The third-order valence-corrected chi connectivity index (χ3v) is 6.17. The maximum absolute atomic E-state index is 12.5. The minimum absolute atomic E-state index is 0.0716. The molecule has 0 N–H and O–H groups in total. The van der Waals surface area contributed by atoms with Crippen LogP contribution in [0.25, 0.3) is 11.0 Å². The predicted molar refractivity (Wildman–Crippen MR) is 121 cm³/mol. The molecule has 0 radical (unpaired) electrons. The molecule has 0 saturated heterocycles. The summed E-state index contributed by atoms with van der Waals surface area (Å²) < 4.78 is 6.08. The number of carbonyl (C=O) groups excluding carboxylic acids is 1. The molecular weight excluding hydrogens is 386 g/mol. The zero-order chi connectivity index (χ0) is 21.3. The number of carbonyl (C=O) groups is 1. The number of oxime groups is 1. The number of rotatable bonds is 5. The average Bonchev–Trinajstić information content (AvgIpc) is 3.23. The fourth-order valence-corrected chi connectivity index (χ4v) is 4.44. The lowest BCUT2D eigenvalue weighted by Gasteiger charge is -2.45. The van der Waals surface area contributed by atoms with E-state index in [9.17, 15) is 4.79 Å². The number of hydrogen-bond acceptors (Lipinski definition) is 4. The highest BCUT2D eigenvalue weighted by molar-refractivity contribution is 6.03. The van der Waals surface area contributed by atoms with Gasteiger partial charge in [0, 0.05) is 11.3 Å². The Morgan fingerprint density at radius 1 is 0.935 bits per heavy atom. The molecule has 5 rings (SSSR count). The Morgan fingerprint density at radius 2 is 1.58 bits per heavy atom. The molecule has 0 spiro atoms. The SMILES string of the molecule is CC1(c2ccccc2)CC(/C(=N\OC(=O)c2ccccc2)c2cc3ccccc3o2)C1. The van der Waals surface area contributed by atoms with Crippen molar-refractivity contribution in [1.29, 1.82) is 0 Å². The van der Waals surface area contributed by atoms with E-state index < -0.39 is 5.97 Å². The van der Waals surface area contributed by atoms with Gasteiger partial charge in [-0.3, -0.25) is 0 Å². The van der Waals surface area contributed by atoms with E-state index in [0.717, 1.165) is 23.8 Å². The molecule has 0 atom stereocenters. The van der Waals surface area contributed by atoms with Crippen molar-refractivity contribution in [1.82, 2.24) is 0 Å². The lowest BCUT2D eigenvalue weighted by molar-refractivity contribution is 0.0510. The number of para-hydroxylation sites is 1. The topological polar surface area (TPSA) is 51.8 Å². The number of fused-ring (bicyclic) bond motifs is 1. The standard InChI is InChI=1S/C27H23NO3/c1-27(22-13-6-3-7-14-22)17-21(18-27)25(24-16-20-12-8-9-15-23(20)30-24)28-31-26(29)19-10-4-2-5-11-19/h2-16,21H,17-18H2,1H3/b28-25+. The number of nitrogens with zero attached hydrogens (tertiary/aromatic N) is 1. The van der Waals surface area contributed by atoms with E-state index in [1.54, 1.807) is 24.3 Å². The molecule has 0 bridgehead atoms. The van der Waals surface area contributed by atoms with Crippen LogP contribution in [0, 0.1) is 5.92 Å². The van der Waals surface area contributed by atoms with E-state index in [4.69, 9.17) is 9.25 Å². The van der Waals surface area contributed by atoms with Gasteiger partial charge in [0.1, 0.15) is 11.3 Å². The van der Waals surface area contributed by atoms with Gasteiger partial charge in [-0.15, -0.1) is 0 Å². The molecule has 3 aromatic carbocycles. The van der Waals surface area contributed by atoms with Gasteiger partial charge in [0.2, 0.25) is 0 Å². The van der Waals surface area contributed by atoms with E-state index in [0.29, 0.717) is 17.0 Å². The highest BCUT2D eigenvalue weighted by atomic mass is 16.7. The Kier molecular flexibility index (Phi) is 4.91.